The van der Waals surface area contributed by atoms with Crippen LogP contribution in [0.3, 0.4) is 0 Å². The summed E-state index contributed by atoms with van der Waals surface area (Å²) in [5.41, 5.74) is 0.597. The highest BCUT2D eigenvalue weighted by molar-refractivity contribution is 5.78. The predicted molar refractivity (Wildman–Crippen MR) is 87.1 cm³/mol. The number of nitrogens with zero attached hydrogens (tertiary/aromatic N) is 2. The van der Waals surface area contributed by atoms with Gasteiger partial charge in [0.25, 0.3) is 5.91 Å². The standard InChI is InChI=1S/C18H19FN2O2/c19-16-8-4-5-9-17(16)20-10-12-21(13-11-20)18(22)14-23-15-6-2-1-3-7-15/h1-9H,10-14H2. The van der Waals surface area contributed by atoms with E-state index in [1.807, 2.05) is 41.3 Å². The number of amides is 1. The van der Waals surface area contributed by atoms with Gasteiger partial charge in [-0.1, -0.05) is 30.3 Å². The maximum atomic E-state index is 13.8. The van der Waals surface area contributed by atoms with Crippen molar-refractivity contribution in [3.63, 3.8) is 0 Å². The number of rotatable bonds is 4. The van der Waals surface area contributed by atoms with Gasteiger partial charge in [-0.3, -0.25) is 4.79 Å². The molecule has 0 aliphatic carbocycles. The number of piperazine rings is 1. The zero-order valence-corrected chi connectivity index (χ0v) is 12.8. The number of carbonyl (C=O) groups excluding carboxylic acids is 1. The average Bonchev–Trinajstić information content (AvgIpc) is 2.61. The highest BCUT2D eigenvalue weighted by Gasteiger charge is 2.22. The first-order valence-corrected chi connectivity index (χ1v) is 7.69. The second-order valence-electron chi connectivity index (χ2n) is 5.42. The minimum atomic E-state index is -0.223. The SMILES string of the molecule is O=C(COc1ccccc1)N1CCN(c2ccccc2F)CC1. The van der Waals surface area contributed by atoms with Crippen molar-refractivity contribution in [1.82, 2.24) is 4.90 Å². The lowest BCUT2D eigenvalue weighted by atomic mass is 10.2. The van der Waals surface area contributed by atoms with Crippen molar-refractivity contribution >= 4 is 11.6 Å². The van der Waals surface area contributed by atoms with Gasteiger partial charge < -0.3 is 14.5 Å². The summed E-state index contributed by atoms with van der Waals surface area (Å²) in [6.45, 7) is 2.43. The predicted octanol–water partition coefficient (Wildman–Crippen LogP) is 2.55. The van der Waals surface area contributed by atoms with Crippen LogP contribution in [0, 0.1) is 5.82 Å². The highest BCUT2D eigenvalue weighted by Crippen LogP contribution is 2.20. The number of ether oxygens (including phenoxy) is 1. The van der Waals surface area contributed by atoms with Crippen LogP contribution >= 0.6 is 0 Å². The van der Waals surface area contributed by atoms with E-state index in [1.165, 1.54) is 6.07 Å². The van der Waals surface area contributed by atoms with Gasteiger partial charge in [0.15, 0.2) is 6.61 Å². The van der Waals surface area contributed by atoms with E-state index < -0.39 is 0 Å². The fourth-order valence-corrected chi connectivity index (χ4v) is 2.66. The smallest absolute Gasteiger partial charge is 0.260 e. The van der Waals surface area contributed by atoms with Crippen molar-refractivity contribution in [2.45, 2.75) is 0 Å². The monoisotopic (exact) mass is 314 g/mol. The summed E-state index contributed by atoms with van der Waals surface area (Å²) in [4.78, 5) is 15.9. The lowest BCUT2D eigenvalue weighted by molar-refractivity contribution is -0.133. The number of hydrogen-bond donors (Lipinski definition) is 0. The summed E-state index contributed by atoms with van der Waals surface area (Å²) in [6.07, 6.45) is 0. The molecule has 0 aromatic heterocycles. The van der Waals surface area contributed by atoms with Gasteiger partial charge in [-0.2, -0.15) is 0 Å². The van der Waals surface area contributed by atoms with Crippen LogP contribution in [-0.2, 0) is 4.79 Å². The summed E-state index contributed by atoms with van der Waals surface area (Å²) >= 11 is 0. The molecule has 0 saturated carbocycles. The third-order valence-corrected chi connectivity index (χ3v) is 3.93. The van der Waals surface area contributed by atoms with Crippen LogP contribution in [0.15, 0.2) is 54.6 Å². The van der Waals surface area contributed by atoms with Crippen LogP contribution in [0.25, 0.3) is 0 Å². The molecule has 1 saturated heterocycles. The molecule has 1 aliphatic rings. The molecule has 1 fully saturated rings. The Kier molecular flexibility index (Phi) is 4.76. The molecule has 2 aromatic rings. The molecular formula is C18H19FN2O2. The van der Waals surface area contributed by atoms with E-state index in [9.17, 15) is 9.18 Å². The summed E-state index contributed by atoms with van der Waals surface area (Å²) in [5, 5.41) is 0. The minimum absolute atomic E-state index is 0.0315. The number of para-hydroxylation sites is 2. The Morgan fingerprint density at radius 2 is 1.61 bits per heavy atom. The second-order valence-corrected chi connectivity index (χ2v) is 5.42. The molecule has 1 heterocycles. The van der Waals surface area contributed by atoms with Gasteiger partial charge >= 0.3 is 0 Å². The van der Waals surface area contributed by atoms with Gasteiger partial charge in [-0.25, -0.2) is 4.39 Å². The summed E-state index contributed by atoms with van der Waals surface area (Å²) in [7, 11) is 0. The van der Waals surface area contributed by atoms with E-state index in [-0.39, 0.29) is 18.3 Å². The second kappa shape index (κ2) is 7.13. The summed E-state index contributed by atoms with van der Waals surface area (Å²) in [5.74, 6) is 0.424. The number of hydrogen-bond acceptors (Lipinski definition) is 3. The number of benzene rings is 2. The zero-order valence-electron chi connectivity index (χ0n) is 12.8. The van der Waals surface area contributed by atoms with Crippen molar-refractivity contribution in [3.8, 4) is 5.75 Å². The Labute approximate surface area is 135 Å². The molecule has 0 atom stereocenters. The molecule has 0 radical (unpaired) electrons. The van der Waals surface area contributed by atoms with E-state index in [0.717, 1.165) is 0 Å². The maximum Gasteiger partial charge on any atom is 0.260 e. The van der Waals surface area contributed by atoms with Crippen LogP contribution in [-0.4, -0.2) is 43.6 Å². The van der Waals surface area contributed by atoms with Crippen LogP contribution in [0.5, 0.6) is 5.75 Å². The van der Waals surface area contributed by atoms with E-state index in [2.05, 4.69) is 0 Å². The lowest BCUT2D eigenvalue weighted by Gasteiger charge is -2.36. The minimum Gasteiger partial charge on any atom is -0.484 e. The van der Waals surface area contributed by atoms with E-state index in [1.54, 1.807) is 17.0 Å². The Morgan fingerprint density at radius 1 is 0.957 bits per heavy atom. The number of carbonyl (C=O) groups is 1. The van der Waals surface area contributed by atoms with Gasteiger partial charge in [-0.15, -0.1) is 0 Å². The summed E-state index contributed by atoms with van der Waals surface area (Å²) < 4.78 is 19.3. The molecule has 23 heavy (non-hydrogen) atoms. The molecule has 0 unspecified atom stereocenters. The third-order valence-electron chi connectivity index (χ3n) is 3.93. The molecule has 0 spiro atoms. The Balaban J connectivity index is 1.50. The molecule has 2 aromatic carbocycles. The first-order chi connectivity index (χ1) is 11.2. The first-order valence-electron chi connectivity index (χ1n) is 7.69. The van der Waals surface area contributed by atoms with Crippen molar-refractivity contribution < 1.29 is 13.9 Å². The third kappa shape index (κ3) is 3.80. The summed E-state index contributed by atoms with van der Waals surface area (Å²) in [6, 6.07) is 16.0. The van der Waals surface area contributed by atoms with Crippen LogP contribution in [0.2, 0.25) is 0 Å². The molecule has 1 amide bonds. The maximum absolute atomic E-state index is 13.8. The van der Waals surface area contributed by atoms with Gasteiger partial charge in [0.2, 0.25) is 0 Å². The van der Waals surface area contributed by atoms with E-state index in [0.29, 0.717) is 37.6 Å². The molecule has 4 nitrogen and oxygen atoms in total. The zero-order chi connectivity index (χ0) is 16.1. The van der Waals surface area contributed by atoms with E-state index >= 15 is 0 Å². The van der Waals surface area contributed by atoms with Crippen molar-refractivity contribution in [2.24, 2.45) is 0 Å². The molecule has 0 bridgehead atoms. The van der Waals surface area contributed by atoms with Gasteiger partial charge in [-0.05, 0) is 24.3 Å². The van der Waals surface area contributed by atoms with Crippen LogP contribution in [0.4, 0.5) is 10.1 Å². The van der Waals surface area contributed by atoms with Gasteiger partial charge in [0.05, 0.1) is 5.69 Å². The topological polar surface area (TPSA) is 32.8 Å². The fraction of sp³-hybridized carbons (Fsp3) is 0.278. The molecule has 120 valence electrons. The molecule has 0 N–H and O–H groups in total. The quantitative estimate of drug-likeness (QED) is 0.869. The Morgan fingerprint density at radius 3 is 2.30 bits per heavy atom. The van der Waals surface area contributed by atoms with Crippen molar-refractivity contribution in [1.29, 1.82) is 0 Å². The number of anilines is 1. The van der Waals surface area contributed by atoms with Gasteiger partial charge in [0.1, 0.15) is 11.6 Å². The molecule has 3 rings (SSSR count). The molecule has 1 aliphatic heterocycles. The molecular weight excluding hydrogens is 295 g/mol. The van der Waals surface area contributed by atoms with Gasteiger partial charge in [0, 0.05) is 26.2 Å². The highest BCUT2D eigenvalue weighted by atomic mass is 19.1. The van der Waals surface area contributed by atoms with Crippen molar-refractivity contribution in [2.75, 3.05) is 37.7 Å². The van der Waals surface area contributed by atoms with Crippen LogP contribution < -0.4 is 9.64 Å². The first kappa shape index (κ1) is 15.3. The fourth-order valence-electron chi connectivity index (χ4n) is 2.66. The normalized spacial score (nSPS) is 14.7. The van der Waals surface area contributed by atoms with Crippen molar-refractivity contribution in [3.05, 3.63) is 60.4 Å². The largest absolute Gasteiger partial charge is 0.484 e. The lowest BCUT2D eigenvalue weighted by Crippen LogP contribution is -2.50. The Bertz CT molecular complexity index is 655. The average molecular weight is 314 g/mol. The molecule has 5 heteroatoms. The van der Waals surface area contributed by atoms with E-state index in [4.69, 9.17) is 4.74 Å². The Hall–Kier alpha value is -2.56. The van der Waals surface area contributed by atoms with Crippen LogP contribution in [0.1, 0.15) is 0 Å². The number of halogens is 1.